The molecule has 0 amide bonds. The van der Waals surface area contributed by atoms with E-state index in [-0.39, 0.29) is 17.5 Å². The van der Waals surface area contributed by atoms with E-state index >= 15 is 0 Å². The topological polar surface area (TPSA) is 43.6 Å². The number of nitrogens with zero attached hydrogens (tertiary/aromatic N) is 4. The van der Waals surface area contributed by atoms with Gasteiger partial charge in [0.05, 0.1) is 27.8 Å². The zero-order valence-corrected chi connectivity index (χ0v) is 31.6. The molecule has 0 spiro atoms. The molecule has 2 heterocycles. The van der Waals surface area contributed by atoms with Gasteiger partial charge in [-0.3, -0.25) is 0 Å². The van der Waals surface area contributed by atoms with Crippen molar-refractivity contribution in [1.82, 2.24) is 19.5 Å². The van der Waals surface area contributed by atoms with Crippen LogP contribution in [0.15, 0.2) is 158 Å². The Labute approximate surface area is 335 Å². The van der Waals surface area contributed by atoms with Gasteiger partial charge >= 0.3 is 12.4 Å². The quantitative estimate of drug-likeness (QED) is 0.158. The fourth-order valence-electron chi connectivity index (χ4n) is 7.76. The maximum Gasteiger partial charge on any atom is 0.417 e. The molecule has 4 nitrogen and oxygen atoms in total. The molecule has 0 atom stereocenters. The van der Waals surface area contributed by atoms with Crippen LogP contribution in [0.2, 0.25) is 0 Å². The Balaban J connectivity index is 1.35. The molecular weight excluding hydrogens is 759 g/mol. The van der Waals surface area contributed by atoms with Crippen LogP contribution in [0.5, 0.6) is 0 Å². The summed E-state index contributed by atoms with van der Waals surface area (Å²) in [7, 11) is 0. The molecule has 59 heavy (non-hydrogen) atoms. The number of aromatic nitrogens is 4. The highest BCUT2D eigenvalue weighted by molar-refractivity contribution is 6.11. The molecule has 0 saturated carbocycles. The van der Waals surface area contributed by atoms with Crippen LogP contribution in [0.4, 0.5) is 26.3 Å². The van der Waals surface area contributed by atoms with Gasteiger partial charge in [0.25, 0.3) is 0 Å². The first-order valence-corrected chi connectivity index (χ1v) is 18.7. The second-order valence-corrected chi connectivity index (χ2v) is 14.5. The van der Waals surface area contributed by atoms with Gasteiger partial charge in [0.2, 0.25) is 0 Å². The summed E-state index contributed by atoms with van der Waals surface area (Å²) >= 11 is 0. The first-order valence-electron chi connectivity index (χ1n) is 18.7. The van der Waals surface area contributed by atoms with Crippen molar-refractivity contribution in [3.05, 3.63) is 180 Å². The van der Waals surface area contributed by atoms with Gasteiger partial charge in [-0.25, -0.2) is 15.0 Å². The third-order valence-electron chi connectivity index (χ3n) is 10.4. The van der Waals surface area contributed by atoms with Crippen LogP contribution in [0.3, 0.4) is 0 Å². The van der Waals surface area contributed by atoms with Crippen molar-refractivity contribution < 1.29 is 26.3 Å². The molecule has 0 N–H and O–H groups in total. The molecule has 7 aromatic carbocycles. The summed E-state index contributed by atoms with van der Waals surface area (Å²) in [5, 5.41) is 1.68. The van der Waals surface area contributed by atoms with Crippen LogP contribution in [0.25, 0.3) is 83.9 Å². The fraction of sp³-hybridized carbons (Fsp3) is 0.0816. The largest absolute Gasteiger partial charge is 0.417 e. The van der Waals surface area contributed by atoms with Crippen molar-refractivity contribution >= 4 is 21.8 Å². The van der Waals surface area contributed by atoms with E-state index in [2.05, 4.69) is 24.3 Å². The van der Waals surface area contributed by atoms with Crippen LogP contribution < -0.4 is 0 Å². The molecule has 0 saturated heterocycles. The number of benzene rings is 7. The lowest BCUT2D eigenvalue weighted by atomic mass is 9.94. The van der Waals surface area contributed by atoms with Crippen molar-refractivity contribution in [2.75, 3.05) is 0 Å². The summed E-state index contributed by atoms with van der Waals surface area (Å²) < 4.78 is 88.3. The van der Waals surface area contributed by atoms with E-state index < -0.39 is 29.0 Å². The minimum absolute atomic E-state index is 0.0662. The van der Waals surface area contributed by atoms with Crippen molar-refractivity contribution in [3.63, 3.8) is 0 Å². The van der Waals surface area contributed by atoms with E-state index in [1.165, 1.54) is 6.07 Å². The Morgan fingerprint density at radius 2 is 0.949 bits per heavy atom. The Kier molecular flexibility index (Phi) is 9.15. The summed E-state index contributed by atoms with van der Waals surface area (Å²) in [5.74, 6) is 1.03. The first kappa shape index (κ1) is 37.5. The van der Waals surface area contributed by atoms with Crippen molar-refractivity contribution in [3.8, 4) is 62.1 Å². The second kappa shape index (κ2) is 14.4. The zero-order chi connectivity index (χ0) is 41.1. The molecule has 9 rings (SSSR count). The van der Waals surface area contributed by atoms with Gasteiger partial charge in [-0.15, -0.1) is 0 Å². The molecule has 0 aliphatic rings. The highest BCUT2D eigenvalue weighted by atomic mass is 19.4. The predicted molar refractivity (Wildman–Crippen MR) is 221 cm³/mol. The second-order valence-electron chi connectivity index (χ2n) is 14.5. The van der Waals surface area contributed by atoms with E-state index in [9.17, 15) is 26.3 Å². The predicted octanol–water partition coefficient (Wildman–Crippen LogP) is 14.0. The highest BCUT2D eigenvalue weighted by Crippen LogP contribution is 2.45. The molecule has 10 heteroatoms. The molecule has 0 aliphatic carbocycles. The van der Waals surface area contributed by atoms with Gasteiger partial charge in [-0.05, 0) is 66.9 Å². The van der Waals surface area contributed by atoms with Gasteiger partial charge in [0.1, 0.15) is 0 Å². The molecule has 9 aromatic rings. The molecule has 0 radical (unpaired) electrons. The van der Waals surface area contributed by atoms with Crippen molar-refractivity contribution in [2.24, 2.45) is 0 Å². The third-order valence-corrected chi connectivity index (χ3v) is 10.4. The van der Waals surface area contributed by atoms with Crippen LogP contribution in [-0.4, -0.2) is 19.5 Å². The van der Waals surface area contributed by atoms with E-state index in [1.807, 2.05) is 115 Å². The number of rotatable bonds is 6. The van der Waals surface area contributed by atoms with Gasteiger partial charge < -0.3 is 4.57 Å². The Morgan fingerprint density at radius 1 is 0.407 bits per heavy atom. The number of para-hydroxylation sites is 1. The summed E-state index contributed by atoms with van der Waals surface area (Å²) in [6, 6.07) is 45.1. The molecule has 290 valence electrons. The average Bonchev–Trinajstić information content (AvgIpc) is 3.56. The maximum absolute atomic E-state index is 14.9. The minimum atomic E-state index is -5.11. The molecule has 2 aromatic heterocycles. The Morgan fingerprint density at radius 3 is 1.56 bits per heavy atom. The maximum atomic E-state index is 14.9. The van der Waals surface area contributed by atoms with Crippen LogP contribution >= 0.6 is 0 Å². The summed E-state index contributed by atoms with van der Waals surface area (Å²) in [6.07, 6.45) is -10.1. The standard InChI is InChI=1S/C49H32F6N4/c1-29-23-30(2)25-35(24-29)33-18-22-43-40(26-33)38-15-9-10-16-42(38)59(43)44-27-34(17-20-39(44)37-21-19-36(48(50,51)52)28-41(37)49(53,54)55)47-57-45(31-11-5-3-6-12-31)56-46(58-47)32-13-7-4-8-14-32/h3-28H,1-2H3. The number of alkyl halides is 6. The van der Waals surface area contributed by atoms with E-state index in [0.717, 1.165) is 50.2 Å². The lowest BCUT2D eigenvalue weighted by Crippen LogP contribution is -2.12. The van der Waals surface area contributed by atoms with Gasteiger partial charge in [0, 0.05) is 33.0 Å². The number of halogens is 6. The summed E-state index contributed by atoms with van der Waals surface area (Å²) in [4.78, 5) is 14.5. The van der Waals surface area contributed by atoms with Gasteiger partial charge in [0.15, 0.2) is 17.5 Å². The number of hydrogen-bond donors (Lipinski definition) is 0. The highest BCUT2D eigenvalue weighted by Gasteiger charge is 2.39. The number of hydrogen-bond acceptors (Lipinski definition) is 3. The van der Waals surface area contributed by atoms with Crippen LogP contribution in [0, 0.1) is 13.8 Å². The third kappa shape index (κ3) is 7.11. The molecule has 0 aliphatic heterocycles. The monoisotopic (exact) mass is 790 g/mol. The Bertz CT molecular complexity index is 2960. The Hall–Kier alpha value is -7.07. The summed E-state index contributed by atoms with van der Waals surface area (Å²) in [6.45, 7) is 4.06. The smallest absolute Gasteiger partial charge is 0.309 e. The van der Waals surface area contributed by atoms with Gasteiger partial charge in [-0.1, -0.05) is 132 Å². The number of fused-ring (bicyclic) bond motifs is 3. The lowest BCUT2D eigenvalue weighted by molar-refractivity contribution is -0.142. The molecule has 0 bridgehead atoms. The van der Waals surface area contributed by atoms with E-state index in [0.29, 0.717) is 40.0 Å². The van der Waals surface area contributed by atoms with E-state index in [1.54, 1.807) is 12.1 Å². The minimum Gasteiger partial charge on any atom is -0.309 e. The molecular formula is C49H32F6N4. The number of aryl methyl sites for hydroxylation is 2. The van der Waals surface area contributed by atoms with Gasteiger partial charge in [-0.2, -0.15) is 26.3 Å². The van der Waals surface area contributed by atoms with Crippen molar-refractivity contribution in [1.29, 1.82) is 0 Å². The lowest BCUT2D eigenvalue weighted by Gasteiger charge is -2.20. The summed E-state index contributed by atoms with van der Waals surface area (Å²) in [5.41, 5.74) is 4.61. The average molecular weight is 791 g/mol. The molecule has 0 fully saturated rings. The van der Waals surface area contributed by atoms with Crippen LogP contribution in [0.1, 0.15) is 22.3 Å². The fourth-order valence-corrected chi connectivity index (χ4v) is 7.76. The first-order chi connectivity index (χ1) is 28.3. The zero-order valence-electron chi connectivity index (χ0n) is 31.6. The SMILES string of the molecule is Cc1cc(C)cc(-c2ccc3c(c2)c2ccccc2n3-c2cc(-c3nc(-c4ccccc4)nc(-c4ccccc4)n3)ccc2-c2ccc(C(F)(F)F)cc2C(F)(F)F)c1. The van der Waals surface area contributed by atoms with Crippen molar-refractivity contribution in [2.45, 2.75) is 26.2 Å². The van der Waals surface area contributed by atoms with Crippen LogP contribution in [-0.2, 0) is 12.4 Å². The molecule has 0 unspecified atom stereocenters. The van der Waals surface area contributed by atoms with E-state index in [4.69, 9.17) is 15.0 Å². The normalized spacial score (nSPS) is 12.1.